The minimum atomic E-state index is -0.338. The number of rotatable bonds is 6. The van der Waals surface area contributed by atoms with Gasteiger partial charge in [0.15, 0.2) is 5.96 Å². The summed E-state index contributed by atoms with van der Waals surface area (Å²) in [5.41, 5.74) is 1.38. The van der Waals surface area contributed by atoms with Crippen LogP contribution in [0.25, 0.3) is 0 Å². The van der Waals surface area contributed by atoms with Crippen molar-refractivity contribution in [3.8, 4) is 0 Å². The van der Waals surface area contributed by atoms with Gasteiger partial charge in [0.25, 0.3) is 5.91 Å². The molecule has 0 bridgehead atoms. The van der Waals surface area contributed by atoms with E-state index in [4.69, 9.17) is 0 Å². The molecule has 0 spiro atoms. The average Bonchev–Trinajstić information content (AvgIpc) is 3.17. The van der Waals surface area contributed by atoms with E-state index in [9.17, 15) is 9.59 Å². The maximum Gasteiger partial charge on any atom is 0.253 e. The Hall–Kier alpha value is -1.84. The monoisotopic (exact) mass is 515 g/mol. The number of carbonyl (C=O) groups is 2. The fourth-order valence-corrected chi connectivity index (χ4v) is 3.68. The molecule has 0 unspecified atom stereocenters. The summed E-state index contributed by atoms with van der Waals surface area (Å²) in [6, 6.07) is 7.54. The zero-order valence-electron chi connectivity index (χ0n) is 18.1. The summed E-state index contributed by atoms with van der Waals surface area (Å²) in [6.07, 6.45) is 4.00. The SMILES string of the molecule is CN=C(NCc1ccc(C(=O)N(C)C)cc1)NCC1(C(=O)N(C)C)CCCC1.I. The molecule has 0 heterocycles. The van der Waals surface area contributed by atoms with Crippen LogP contribution in [0.15, 0.2) is 29.3 Å². The predicted octanol–water partition coefficient (Wildman–Crippen LogP) is 2.32. The number of aliphatic imine (C=N–C) groups is 1. The highest BCUT2D eigenvalue weighted by molar-refractivity contribution is 14.0. The number of nitrogens with one attached hydrogen (secondary N) is 2. The molecule has 29 heavy (non-hydrogen) atoms. The molecular weight excluding hydrogens is 481 g/mol. The van der Waals surface area contributed by atoms with Gasteiger partial charge in [0.05, 0.1) is 5.41 Å². The summed E-state index contributed by atoms with van der Waals surface area (Å²) in [5, 5.41) is 6.62. The van der Waals surface area contributed by atoms with E-state index < -0.39 is 0 Å². The van der Waals surface area contributed by atoms with E-state index in [2.05, 4.69) is 15.6 Å². The van der Waals surface area contributed by atoms with Crippen LogP contribution in [0.3, 0.4) is 0 Å². The number of hydrogen-bond donors (Lipinski definition) is 2. The molecule has 0 aliphatic heterocycles. The third-order valence-electron chi connectivity index (χ3n) is 5.31. The topological polar surface area (TPSA) is 77.0 Å². The first-order valence-electron chi connectivity index (χ1n) is 9.76. The Kier molecular flexibility index (Phi) is 9.88. The summed E-state index contributed by atoms with van der Waals surface area (Å²) < 4.78 is 0. The lowest BCUT2D eigenvalue weighted by molar-refractivity contribution is -0.138. The van der Waals surface area contributed by atoms with Crippen molar-refractivity contribution in [3.05, 3.63) is 35.4 Å². The molecule has 1 aromatic carbocycles. The van der Waals surface area contributed by atoms with E-state index >= 15 is 0 Å². The molecule has 7 nitrogen and oxygen atoms in total. The first kappa shape index (κ1) is 25.2. The zero-order valence-corrected chi connectivity index (χ0v) is 20.4. The Balaban J connectivity index is 0.00000420. The van der Waals surface area contributed by atoms with E-state index in [-0.39, 0.29) is 41.2 Å². The van der Waals surface area contributed by atoms with Crippen molar-refractivity contribution >= 4 is 41.8 Å². The largest absolute Gasteiger partial charge is 0.355 e. The van der Waals surface area contributed by atoms with Gasteiger partial charge in [0, 0.05) is 53.9 Å². The van der Waals surface area contributed by atoms with Gasteiger partial charge < -0.3 is 20.4 Å². The van der Waals surface area contributed by atoms with Crippen molar-refractivity contribution in [2.24, 2.45) is 10.4 Å². The van der Waals surface area contributed by atoms with E-state index in [1.165, 1.54) is 0 Å². The third kappa shape index (κ3) is 6.58. The van der Waals surface area contributed by atoms with Gasteiger partial charge in [-0.3, -0.25) is 14.6 Å². The molecule has 1 aliphatic rings. The first-order valence-corrected chi connectivity index (χ1v) is 9.76. The third-order valence-corrected chi connectivity index (χ3v) is 5.31. The molecule has 162 valence electrons. The van der Waals surface area contributed by atoms with Crippen LogP contribution in [0.4, 0.5) is 0 Å². The van der Waals surface area contributed by atoms with Gasteiger partial charge in [-0.15, -0.1) is 24.0 Å². The Morgan fingerprint density at radius 3 is 2.07 bits per heavy atom. The Morgan fingerprint density at radius 1 is 1.00 bits per heavy atom. The number of guanidine groups is 1. The van der Waals surface area contributed by atoms with Gasteiger partial charge in [-0.05, 0) is 30.5 Å². The summed E-state index contributed by atoms with van der Waals surface area (Å²) >= 11 is 0. The number of nitrogens with zero attached hydrogens (tertiary/aromatic N) is 3. The number of halogens is 1. The van der Waals surface area contributed by atoms with Gasteiger partial charge in [-0.2, -0.15) is 0 Å². The van der Waals surface area contributed by atoms with Crippen molar-refractivity contribution in [3.63, 3.8) is 0 Å². The molecule has 2 N–H and O–H groups in total. The molecule has 0 atom stereocenters. The maximum atomic E-state index is 12.7. The fourth-order valence-electron chi connectivity index (χ4n) is 3.68. The zero-order chi connectivity index (χ0) is 20.7. The molecule has 1 fully saturated rings. The van der Waals surface area contributed by atoms with Crippen molar-refractivity contribution in [1.29, 1.82) is 0 Å². The van der Waals surface area contributed by atoms with Gasteiger partial charge in [-0.1, -0.05) is 25.0 Å². The number of amides is 2. The molecule has 0 aromatic heterocycles. The Morgan fingerprint density at radius 2 is 1.59 bits per heavy atom. The van der Waals surface area contributed by atoms with Crippen molar-refractivity contribution in [1.82, 2.24) is 20.4 Å². The molecule has 0 radical (unpaired) electrons. The molecule has 2 rings (SSSR count). The van der Waals surface area contributed by atoms with Crippen molar-refractivity contribution < 1.29 is 9.59 Å². The highest BCUT2D eigenvalue weighted by atomic mass is 127. The summed E-state index contributed by atoms with van der Waals surface area (Å²) in [6.45, 7) is 1.17. The molecule has 1 aromatic rings. The van der Waals surface area contributed by atoms with Crippen LogP contribution >= 0.6 is 24.0 Å². The van der Waals surface area contributed by atoms with E-state index in [0.717, 1.165) is 31.2 Å². The predicted molar refractivity (Wildman–Crippen MR) is 128 cm³/mol. The van der Waals surface area contributed by atoms with Crippen LogP contribution in [0.2, 0.25) is 0 Å². The molecule has 8 heteroatoms. The van der Waals surface area contributed by atoms with Crippen molar-refractivity contribution in [2.45, 2.75) is 32.2 Å². The highest BCUT2D eigenvalue weighted by Crippen LogP contribution is 2.38. The minimum Gasteiger partial charge on any atom is -0.355 e. The fraction of sp³-hybridized carbons (Fsp3) is 0.571. The molecule has 1 aliphatic carbocycles. The second-order valence-electron chi connectivity index (χ2n) is 7.86. The maximum absolute atomic E-state index is 12.7. The second kappa shape index (κ2) is 11.4. The lowest BCUT2D eigenvalue weighted by atomic mass is 9.84. The smallest absolute Gasteiger partial charge is 0.253 e. The van der Waals surface area contributed by atoms with Crippen LogP contribution in [-0.2, 0) is 11.3 Å². The van der Waals surface area contributed by atoms with Crippen LogP contribution < -0.4 is 10.6 Å². The van der Waals surface area contributed by atoms with Gasteiger partial charge >= 0.3 is 0 Å². The Bertz CT molecular complexity index is 710. The standard InChI is InChI=1S/C21H33N5O2.HI/c1-22-20(24-15-21(12-6-7-13-21)19(28)26(4)5)23-14-16-8-10-17(11-9-16)18(27)25(2)3;/h8-11H,6-7,12-15H2,1-5H3,(H2,22,23,24);1H. The lowest BCUT2D eigenvalue weighted by Gasteiger charge is -2.31. The normalized spacial score (nSPS) is 15.3. The summed E-state index contributed by atoms with van der Waals surface area (Å²) in [5.74, 6) is 0.852. The quantitative estimate of drug-likeness (QED) is 0.347. The number of carbonyl (C=O) groups excluding carboxylic acids is 2. The van der Waals surface area contributed by atoms with E-state index in [0.29, 0.717) is 24.6 Å². The minimum absolute atomic E-state index is 0. The molecule has 2 amide bonds. The summed E-state index contributed by atoms with van der Waals surface area (Å²) in [4.78, 5) is 32.2. The summed E-state index contributed by atoms with van der Waals surface area (Å²) in [7, 11) is 8.85. The van der Waals surface area contributed by atoms with Crippen LogP contribution in [-0.4, -0.2) is 69.4 Å². The number of benzene rings is 1. The molecule has 0 saturated heterocycles. The highest BCUT2D eigenvalue weighted by Gasteiger charge is 2.42. The Labute approximate surface area is 191 Å². The molecule has 1 saturated carbocycles. The van der Waals surface area contributed by atoms with Crippen LogP contribution in [0, 0.1) is 5.41 Å². The van der Waals surface area contributed by atoms with Gasteiger partial charge in [0.1, 0.15) is 0 Å². The number of hydrogen-bond acceptors (Lipinski definition) is 3. The average molecular weight is 515 g/mol. The van der Waals surface area contributed by atoms with Crippen LogP contribution in [0.1, 0.15) is 41.6 Å². The van der Waals surface area contributed by atoms with Crippen molar-refractivity contribution in [2.75, 3.05) is 41.8 Å². The second-order valence-corrected chi connectivity index (χ2v) is 7.86. The van der Waals surface area contributed by atoms with Crippen LogP contribution in [0.5, 0.6) is 0 Å². The first-order chi connectivity index (χ1) is 13.3. The lowest BCUT2D eigenvalue weighted by Crippen LogP contribution is -2.49. The van der Waals surface area contributed by atoms with Gasteiger partial charge in [0.2, 0.25) is 5.91 Å². The molecular formula is C21H34IN5O2. The van der Waals surface area contributed by atoms with E-state index in [1.54, 1.807) is 30.9 Å². The van der Waals surface area contributed by atoms with E-state index in [1.807, 2.05) is 38.4 Å². The van der Waals surface area contributed by atoms with Gasteiger partial charge in [-0.25, -0.2) is 0 Å².